The van der Waals surface area contributed by atoms with Crippen LogP contribution in [-0.4, -0.2) is 26.4 Å². The molecule has 0 spiro atoms. The smallest absolute Gasteiger partial charge is 0.234 e. The Bertz CT molecular complexity index is 1140. The quantitative estimate of drug-likeness (QED) is 0.357. The molecular weight excluding hydrogens is 464 g/mol. The molecule has 0 aliphatic rings. The lowest BCUT2D eigenvalue weighted by atomic mass is 10.2. The zero-order valence-electron chi connectivity index (χ0n) is 16.2. The number of rotatable bonds is 7. The molecular formula is C22H19BrN4O2S. The van der Waals surface area contributed by atoms with Gasteiger partial charge in [0.2, 0.25) is 11.7 Å². The molecule has 0 aliphatic carbocycles. The summed E-state index contributed by atoms with van der Waals surface area (Å²) >= 11 is 4.67. The highest BCUT2D eigenvalue weighted by atomic mass is 79.9. The van der Waals surface area contributed by atoms with Crippen molar-refractivity contribution in [2.45, 2.75) is 18.6 Å². The van der Waals surface area contributed by atoms with Crippen molar-refractivity contribution < 1.29 is 9.21 Å². The molecule has 6 nitrogen and oxygen atoms in total. The molecule has 2 heterocycles. The fraction of sp³-hybridized carbons (Fsp3) is 0.136. The molecule has 30 heavy (non-hydrogen) atoms. The molecule has 0 aliphatic heterocycles. The maximum atomic E-state index is 12.4. The molecule has 4 rings (SSSR count). The van der Waals surface area contributed by atoms with Gasteiger partial charge in [-0.3, -0.25) is 9.36 Å². The lowest BCUT2D eigenvalue weighted by Crippen LogP contribution is -2.14. The van der Waals surface area contributed by atoms with Crippen LogP contribution < -0.4 is 5.32 Å². The number of hydrogen-bond acceptors (Lipinski definition) is 5. The van der Waals surface area contributed by atoms with Crippen molar-refractivity contribution >= 4 is 39.3 Å². The highest BCUT2D eigenvalue weighted by Crippen LogP contribution is 2.28. The van der Waals surface area contributed by atoms with E-state index < -0.39 is 0 Å². The van der Waals surface area contributed by atoms with E-state index in [1.165, 1.54) is 11.8 Å². The van der Waals surface area contributed by atoms with Crippen molar-refractivity contribution in [3.8, 4) is 11.6 Å². The predicted molar refractivity (Wildman–Crippen MR) is 122 cm³/mol. The van der Waals surface area contributed by atoms with Crippen LogP contribution in [0.5, 0.6) is 0 Å². The van der Waals surface area contributed by atoms with Gasteiger partial charge >= 0.3 is 0 Å². The average Bonchev–Trinajstić information content (AvgIpc) is 3.35. The molecule has 0 fully saturated rings. The van der Waals surface area contributed by atoms with Crippen LogP contribution in [0.4, 0.5) is 5.69 Å². The minimum Gasteiger partial charge on any atom is -0.446 e. The Hall–Kier alpha value is -2.84. The van der Waals surface area contributed by atoms with Crippen molar-refractivity contribution in [2.75, 3.05) is 11.1 Å². The van der Waals surface area contributed by atoms with Crippen LogP contribution in [0.25, 0.3) is 11.6 Å². The normalized spacial score (nSPS) is 10.9. The van der Waals surface area contributed by atoms with E-state index in [0.29, 0.717) is 28.0 Å². The zero-order valence-corrected chi connectivity index (χ0v) is 18.6. The Morgan fingerprint density at radius 2 is 1.83 bits per heavy atom. The third kappa shape index (κ3) is 5.01. The fourth-order valence-electron chi connectivity index (χ4n) is 2.88. The topological polar surface area (TPSA) is 73.0 Å². The monoisotopic (exact) mass is 482 g/mol. The van der Waals surface area contributed by atoms with E-state index in [1.54, 1.807) is 0 Å². The van der Waals surface area contributed by atoms with Gasteiger partial charge in [-0.25, -0.2) is 0 Å². The molecule has 0 unspecified atom stereocenters. The van der Waals surface area contributed by atoms with E-state index in [0.717, 1.165) is 16.8 Å². The van der Waals surface area contributed by atoms with Crippen LogP contribution in [-0.2, 0) is 11.3 Å². The van der Waals surface area contributed by atoms with Crippen LogP contribution >= 0.6 is 27.7 Å². The summed E-state index contributed by atoms with van der Waals surface area (Å²) in [6, 6.07) is 21.4. The number of carbonyl (C=O) groups excluding carboxylic acids is 1. The van der Waals surface area contributed by atoms with Crippen LogP contribution in [0.15, 0.2) is 81.0 Å². The summed E-state index contributed by atoms with van der Waals surface area (Å²) in [6.07, 6.45) is 0. The van der Waals surface area contributed by atoms with Gasteiger partial charge in [0, 0.05) is 5.69 Å². The Balaban J connectivity index is 1.52. The van der Waals surface area contributed by atoms with E-state index in [-0.39, 0.29) is 11.7 Å². The molecule has 0 bridgehead atoms. The Morgan fingerprint density at radius 3 is 2.53 bits per heavy atom. The number of furan rings is 1. The molecule has 0 saturated carbocycles. The molecule has 152 valence electrons. The lowest BCUT2D eigenvalue weighted by molar-refractivity contribution is -0.113. The van der Waals surface area contributed by atoms with E-state index in [1.807, 2.05) is 78.2 Å². The van der Waals surface area contributed by atoms with Gasteiger partial charge in [0.05, 0.1) is 12.3 Å². The van der Waals surface area contributed by atoms with Crippen LogP contribution in [0.1, 0.15) is 11.1 Å². The molecule has 0 radical (unpaired) electrons. The zero-order chi connectivity index (χ0) is 20.9. The van der Waals surface area contributed by atoms with Crippen LogP contribution in [0, 0.1) is 6.92 Å². The standard InChI is InChI=1S/C22H19BrN4O2S/c1-15-7-9-17(10-8-15)24-20(28)14-30-22-26-25-21(18-11-12-19(23)29-18)27(22)13-16-5-3-2-4-6-16/h2-12H,13-14H2,1H3,(H,24,28). The van der Waals surface area contributed by atoms with Gasteiger partial charge in [-0.1, -0.05) is 59.8 Å². The van der Waals surface area contributed by atoms with Gasteiger partial charge in [0.1, 0.15) is 0 Å². The summed E-state index contributed by atoms with van der Waals surface area (Å²) in [7, 11) is 0. The third-order valence-corrected chi connectivity index (χ3v) is 5.75. The maximum absolute atomic E-state index is 12.4. The van der Waals surface area contributed by atoms with Gasteiger partial charge < -0.3 is 9.73 Å². The largest absolute Gasteiger partial charge is 0.446 e. The number of aryl methyl sites for hydroxylation is 1. The number of nitrogens with zero attached hydrogens (tertiary/aromatic N) is 3. The first-order valence-corrected chi connectivity index (χ1v) is 11.1. The first kappa shape index (κ1) is 20.4. The van der Waals surface area contributed by atoms with Gasteiger partial charge in [-0.2, -0.15) is 0 Å². The van der Waals surface area contributed by atoms with E-state index in [4.69, 9.17) is 4.42 Å². The Morgan fingerprint density at radius 1 is 1.07 bits per heavy atom. The van der Waals surface area contributed by atoms with Gasteiger partial charge in [0.25, 0.3) is 0 Å². The molecule has 0 atom stereocenters. The molecule has 2 aromatic heterocycles. The summed E-state index contributed by atoms with van der Waals surface area (Å²) in [6.45, 7) is 2.58. The highest BCUT2D eigenvalue weighted by Gasteiger charge is 2.18. The number of anilines is 1. The van der Waals surface area contributed by atoms with E-state index >= 15 is 0 Å². The third-order valence-electron chi connectivity index (χ3n) is 4.36. The van der Waals surface area contributed by atoms with E-state index in [2.05, 4.69) is 31.4 Å². The number of nitrogens with one attached hydrogen (secondary N) is 1. The number of hydrogen-bond donors (Lipinski definition) is 1. The number of thioether (sulfide) groups is 1. The lowest BCUT2D eigenvalue weighted by Gasteiger charge is -2.10. The number of aromatic nitrogens is 3. The van der Waals surface area contributed by atoms with Gasteiger partial charge in [0.15, 0.2) is 15.6 Å². The second kappa shape index (κ2) is 9.32. The van der Waals surface area contributed by atoms with E-state index in [9.17, 15) is 4.79 Å². The van der Waals surface area contributed by atoms with Crippen molar-refractivity contribution in [2.24, 2.45) is 0 Å². The molecule has 0 saturated heterocycles. The minimum absolute atomic E-state index is 0.0968. The maximum Gasteiger partial charge on any atom is 0.234 e. The van der Waals surface area contributed by atoms with Crippen molar-refractivity contribution in [1.29, 1.82) is 0 Å². The number of amides is 1. The van der Waals surface area contributed by atoms with Crippen molar-refractivity contribution in [3.63, 3.8) is 0 Å². The molecule has 2 aromatic carbocycles. The summed E-state index contributed by atoms with van der Waals surface area (Å²) in [5, 5.41) is 12.2. The number of carbonyl (C=O) groups is 1. The SMILES string of the molecule is Cc1ccc(NC(=O)CSc2nnc(-c3ccc(Br)o3)n2Cc2ccccc2)cc1. The molecule has 8 heteroatoms. The predicted octanol–water partition coefficient (Wildman–Crippen LogP) is 5.39. The second-order valence-corrected chi connectivity index (χ2v) is 8.41. The van der Waals surface area contributed by atoms with Crippen molar-refractivity contribution in [1.82, 2.24) is 14.8 Å². The van der Waals surface area contributed by atoms with Gasteiger partial charge in [-0.05, 0) is 52.7 Å². The first-order chi connectivity index (χ1) is 14.6. The fourth-order valence-corrected chi connectivity index (χ4v) is 3.93. The summed E-state index contributed by atoms with van der Waals surface area (Å²) in [5.74, 6) is 1.36. The number of benzene rings is 2. The Labute approximate surface area is 186 Å². The van der Waals surface area contributed by atoms with Gasteiger partial charge in [-0.15, -0.1) is 10.2 Å². The minimum atomic E-state index is -0.0968. The average molecular weight is 483 g/mol. The highest BCUT2D eigenvalue weighted by molar-refractivity contribution is 9.10. The number of halogens is 1. The van der Waals surface area contributed by atoms with Crippen molar-refractivity contribution in [3.05, 3.63) is 82.5 Å². The molecule has 1 amide bonds. The van der Waals surface area contributed by atoms with Crippen LogP contribution in [0.3, 0.4) is 0 Å². The first-order valence-electron chi connectivity index (χ1n) is 9.30. The summed E-state index contributed by atoms with van der Waals surface area (Å²) in [4.78, 5) is 12.4. The summed E-state index contributed by atoms with van der Waals surface area (Å²) < 4.78 is 8.27. The Kier molecular flexibility index (Phi) is 6.35. The van der Waals surface area contributed by atoms with Crippen LogP contribution in [0.2, 0.25) is 0 Å². The summed E-state index contributed by atoms with van der Waals surface area (Å²) in [5.41, 5.74) is 3.03. The molecule has 4 aromatic rings. The molecule has 1 N–H and O–H groups in total. The second-order valence-electron chi connectivity index (χ2n) is 6.68.